The van der Waals surface area contributed by atoms with Crippen LogP contribution in [0.15, 0.2) is 54.1 Å². The Bertz CT molecular complexity index is 1380. The van der Waals surface area contributed by atoms with Crippen LogP contribution in [-0.4, -0.2) is 28.3 Å². The van der Waals surface area contributed by atoms with Gasteiger partial charge in [-0.2, -0.15) is 0 Å². The van der Waals surface area contributed by atoms with Crippen molar-refractivity contribution in [1.82, 2.24) is 9.88 Å². The fourth-order valence-electron chi connectivity index (χ4n) is 4.02. The number of hydrogen-bond donors (Lipinski definition) is 1. The largest absolute Gasteiger partial charge is 0.454 e. The first-order valence-electron chi connectivity index (χ1n) is 10.1. The highest BCUT2D eigenvalue weighted by Gasteiger charge is 2.35. The van der Waals surface area contributed by atoms with E-state index in [9.17, 15) is 14.0 Å². The number of nitrogens with one attached hydrogen (secondary N) is 1. The van der Waals surface area contributed by atoms with Crippen LogP contribution >= 0.6 is 12.2 Å². The van der Waals surface area contributed by atoms with E-state index in [1.54, 1.807) is 6.07 Å². The first kappa shape index (κ1) is 20.9. The van der Waals surface area contributed by atoms with Crippen LogP contribution in [0.2, 0.25) is 0 Å². The summed E-state index contributed by atoms with van der Waals surface area (Å²) in [7, 11) is 0. The Labute approximate surface area is 194 Å². The molecule has 1 N–H and O–H groups in total. The molecule has 33 heavy (non-hydrogen) atoms. The molecule has 5 rings (SSSR count). The normalized spacial score (nSPS) is 16.5. The second kappa shape index (κ2) is 7.86. The van der Waals surface area contributed by atoms with E-state index < -0.39 is 17.6 Å². The van der Waals surface area contributed by atoms with E-state index in [1.165, 1.54) is 24.3 Å². The lowest BCUT2D eigenvalue weighted by Gasteiger charge is -2.28. The second-order valence-electron chi connectivity index (χ2n) is 7.64. The number of nitrogens with zero attached hydrogens (tertiary/aromatic N) is 2. The quantitative estimate of drug-likeness (QED) is 0.364. The highest BCUT2D eigenvalue weighted by Crippen LogP contribution is 2.35. The summed E-state index contributed by atoms with van der Waals surface area (Å²) < 4.78 is 26.6. The molecular weight excluding hydrogens is 445 g/mol. The number of halogens is 1. The number of fused-ring (bicyclic) bond motifs is 1. The molecule has 0 atom stereocenters. The number of benzene rings is 2. The Kier molecular flexibility index (Phi) is 4.98. The van der Waals surface area contributed by atoms with Crippen molar-refractivity contribution in [3.05, 3.63) is 76.9 Å². The average Bonchev–Trinajstić information content (AvgIpc) is 3.34. The summed E-state index contributed by atoms with van der Waals surface area (Å²) in [6, 6.07) is 13.0. The van der Waals surface area contributed by atoms with Crippen LogP contribution in [0.4, 0.5) is 10.1 Å². The lowest BCUT2D eigenvalue weighted by Crippen LogP contribution is -2.54. The molecule has 3 heterocycles. The van der Waals surface area contributed by atoms with Gasteiger partial charge >= 0.3 is 0 Å². The van der Waals surface area contributed by atoms with E-state index in [0.29, 0.717) is 17.1 Å². The minimum absolute atomic E-state index is 0.0983. The highest BCUT2D eigenvalue weighted by atomic mass is 32.1. The molecule has 2 aliphatic rings. The maximum absolute atomic E-state index is 13.7. The van der Waals surface area contributed by atoms with Gasteiger partial charge in [0.15, 0.2) is 16.6 Å². The van der Waals surface area contributed by atoms with Crippen molar-refractivity contribution in [3.63, 3.8) is 0 Å². The van der Waals surface area contributed by atoms with Crippen LogP contribution in [0.5, 0.6) is 11.5 Å². The van der Waals surface area contributed by atoms with Crippen LogP contribution in [0.3, 0.4) is 0 Å². The van der Waals surface area contributed by atoms with Crippen molar-refractivity contribution in [2.45, 2.75) is 13.8 Å². The van der Waals surface area contributed by atoms with Crippen LogP contribution < -0.4 is 19.7 Å². The Morgan fingerprint density at radius 3 is 2.61 bits per heavy atom. The number of amides is 2. The molecule has 0 radical (unpaired) electrons. The fraction of sp³-hybridized carbons (Fsp3) is 0.125. The summed E-state index contributed by atoms with van der Waals surface area (Å²) in [6.45, 7) is 4.00. The molecule has 0 unspecified atom stereocenters. The number of carbonyl (C=O) groups excluding carboxylic acids is 2. The molecular formula is C24H18FN3O4S. The molecule has 7 nitrogen and oxygen atoms in total. The van der Waals surface area contributed by atoms with Gasteiger partial charge in [0.2, 0.25) is 6.79 Å². The Morgan fingerprint density at radius 1 is 1.03 bits per heavy atom. The number of anilines is 1. The molecule has 1 saturated heterocycles. The summed E-state index contributed by atoms with van der Waals surface area (Å²) in [5, 5.41) is 2.42. The van der Waals surface area contributed by atoms with Crippen molar-refractivity contribution in [3.8, 4) is 17.2 Å². The van der Waals surface area contributed by atoms with Crippen molar-refractivity contribution < 1.29 is 23.5 Å². The van der Waals surface area contributed by atoms with Crippen molar-refractivity contribution in [2.24, 2.45) is 0 Å². The van der Waals surface area contributed by atoms with Gasteiger partial charge in [0.1, 0.15) is 11.4 Å². The third kappa shape index (κ3) is 3.56. The molecule has 2 aromatic carbocycles. The molecule has 0 bridgehead atoms. The number of rotatable bonds is 3. The van der Waals surface area contributed by atoms with E-state index in [2.05, 4.69) is 5.32 Å². The van der Waals surface area contributed by atoms with Crippen LogP contribution in [0.1, 0.15) is 17.0 Å². The number of aryl methyl sites for hydroxylation is 1. The standard InChI is InChI=1S/C24H18FN3O4S/c1-13-8-15(14(2)27(13)18-6-7-20-21(11-18)32-12-31-20)9-19-22(29)26-24(33)28(23(19)30)17-5-3-4-16(25)10-17/h3-11H,12H2,1-2H3,(H,26,29,33). The van der Waals surface area contributed by atoms with Gasteiger partial charge in [-0.25, -0.2) is 4.39 Å². The Hall–Kier alpha value is -3.98. The van der Waals surface area contributed by atoms with Gasteiger partial charge in [-0.1, -0.05) is 6.07 Å². The maximum Gasteiger partial charge on any atom is 0.270 e. The lowest BCUT2D eigenvalue weighted by molar-refractivity contribution is -0.122. The van der Waals surface area contributed by atoms with E-state index >= 15 is 0 Å². The minimum Gasteiger partial charge on any atom is -0.454 e. The SMILES string of the molecule is Cc1cc(C=C2C(=O)NC(=S)N(c3cccc(F)c3)C2=O)c(C)n1-c1ccc2c(c1)OCO2. The smallest absolute Gasteiger partial charge is 0.270 e. The first-order valence-corrected chi connectivity index (χ1v) is 10.5. The fourth-order valence-corrected chi connectivity index (χ4v) is 4.30. The van der Waals surface area contributed by atoms with E-state index in [-0.39, 0.29) is 23.2 Å². The molecule has 1 aromatic heterocycles. The molecule has 2 aliphatic heterocycles. The maximum atomic E-state index is 13.7. The zero-order valence-corrected chi connectivity index (χ0v) is 18.5. The third-order valence-electron chi connectivity index (χ3n) is 5.55. The van der Waals surface area contributed by atoms with Crippen molar-refractivity contribution in [2.75, 3.05) is 11.7 Å². The van der Waals surface area contributed by atoms with Gasteiger partial charge in [-0.05, 0) is 74.1 Å². The Morgan fingerprint density at radius 2 is 1.82 bits per heavy atom. The summed E-state index contributed by atoms with van der Waals surface area (Å²) in [4.78, 5) is 27.0. The van der Waals surface area contributed by atoms with Gasteiger partial charge < -0.3 is 14.0 Å². The molecule has 9 heteroatoms. The van der Waals surface area contributed by atoms with Crippen LogP contribution in [0.25, 0.3) is 11.8 Å². The van der Waals surface area contributed by atoms with Gasteiger partial charge in [0.05, 0.1) is 5.69 Å². The number of thiocarbonyl (C=S) groups is 1. The summed E-state index contributed by atoms with van der Waals surface area (Å²) in [5.41, 5.74) is 3.42. The molecule has 0 spiro atoms. The van der Waals surface area contributed by atoms with Crippen LogP contribution in [-0.2, 0) is 9.59 Å². The number of hydrogen-bond acceptors (Lipinski definition) is 5. The zero-order valence-electron chi connectivity index (χ0n) is 17.7. The average molecular weight is 463 g/mol. The second-order valence-corrected chi connectivity index (χ2v) is 8.02. The highest BCUT2D eigenvalue weighted by molar-refractivity contribution is 7.80. The minimum atomic E-state index is -0.623. The number of ether oxygens (including phenoxy) is 2. The summed E-state index contributed by atoms with van der Waals surface area (Å²) >= 11 is 5.18. The molecule has 3 aromatic rings. The van der Waals surface area contributed by atoms with Crippen LogP contribution in [0, 0.1) is 19.7 Å². The van der Waals surface area contributed by atoms with E-state index in [0.717, 1.165) is 22.0 Å². The summed E-state index contributed by atoms with van der Waals surface area (Å²) in [6.07, 6.45) is 1.53. The summed E-state index contributed by atoms with van der Waals surface area (Å²) in [5.74, 6) is -0.409. The Balaban J connectivity index is 1.54. The van der Waals surface area contributed by atoms with E-state index in [1.807, 2.05) is 42.7 Å². The molecule has 1 fully saturated rings. The number of aromatic nitrogens is 1. The van der Waals surface area contributed by atoms with Gasteiger partial charge in [-0.15, -0.1) is 0 Å². The van der Waals surface area contributed by atoms with E-state index in [4.69, 9.17) is 21.7 Å². The topological polar surface area (TPSA) is 72.8 Å². The van der Waals surface area contributed by atoms with Crippen molar-refractivity contribution in [1.29, 1.82) is 0 Å². The first-order chi connectivity index (χ1) is 15.8. The zero-order chi connectivity index (χ0) is 23.3. The molecule has 0 saturated carbocycles. The van der Waals surface area contributed by atoms with Gasteiger partial charge in [0, 0.05) is 23.1 Å². The monoisotopic (exact) mass is 463 g/mol. The van der Waals surface area contributed by atoms with Gasteiger partial charge in [-0.3, -0.25) is 19.8 Å². The number of carbonyl (C=O) groups is 2. The predicted octanol–water partition coefficient (Wildman–Crippen LogP) is 3.79. The molecule has 166 valence electrons. The van der Waals surface area contributed by atoms with Gasteiger partial charge in [0.25, 0.3) is 11.8 Å². The third-order valence-corrected chi connectivity index (χ3v) is 5.84. The molecule has 0 aliphatic carbocycles. The molecule has 2 amide bonds. The lowest BCUT2D eigenvalue weighted by atomic mass is 10.1. The van der Waals surface area contributed by atoms with Crippen molar-refractivity contribution >= 4 is 40.9 Å². The predicted molar refractivity (Wildman–Crippen MR) is 124 cm³/mol.